The number of nitrogens with one attached hydrogen (secondary N) is 2. The normalized spacial score (nSPS) is 20.2. The van der Waals surface area contributed by atoms with Crippen LogP contribution in [0.4, 0.5) is 11.5 Å². The maximum atomic E-state index is 11.2. The van der Waals surface area contributed by atoms with Crippen molar-refractivity contribution in [3.05, 3.63) is 11.5 Å². The maximum absolute atomic E-state index is 11.2. The summed E-state index contributed by atoms with van der Waals surface area (Å²) >= 11 is 5.75. The molecule has 0 bridgehead atoms. The molecule has 68 valence electrons. The summed E-state index contributed by atoms with van der Waals surface area (Å²) in [5.74, 6) is 0.427. The molecule has 0 aromatic carbocycles. The number of hydrogen-bond donors (Lipinski definition) is 2. The molecule has 2 rings (SSSR count). The van der Waals surface area contributed by atoms with Crippen molar-refractivity contribution in [2.45, 2.75) is 13.0 Å². The lowest BCUT2D eigenvalue weighted by Crippen LogP contribution is -2.37. The fraction of sp³-hybridized carbons (Fsp3) is 0.286. The Bertz CT molecular complexity index is 368. The van der Waals surface area contributed by atoms with Gasteiger partial charge in [0.15, 0.2) is 11.0 Å². The first-order valence-electron chi connectivity index (χ1n) is 3.76. The second kappa shape index (κ2) is 2.85. The Morgan fingerprint density at radius 3 is 3.08 bits per heavy atom. The van der Waals surface area contributed by atoms with E-state index >= 15 is 0 Å². The minimum atomic E-state index is -0.293. The molecule has 1 aromatic heterocycles. The second-order valence-electron chi connectivity index (χ2n) is 2.74. The highest BCUT2D eigenvalue weighted by molar-refractivity contribution is 6.33. The molecule has 2 heterocycles. The molecule has 1 amide bonds. The lowest BCUT2D eigenvalue weighted by molar-refractivity contribution is -0.116. The Kier molecular flexibility index (Phi) is 1.81. The van der Waals surface area contributed by atoms with Crippen LogP contribution in [0.15, 0.2) is 6.33 Å². The van der Waals surface area contributed by atoms with Crippen molar-refractivity contribution in [3.8, 4) is 0 Å². The van der Waals surface area contributed by atoms with Gasteiger partial charge in [-0.25, -0.2) is 9.97 Å². The molecule has 0 fully saturated rings. The highest BCUT2D eigenvalue weighted by atomic mass is 35.5. The number of carbonyl (C=O) groups excluding carboxylic acids is 1. The number of carbonyl (C=O) groups is 1. The van der Waals surface area contributed by atoms with Crippen molar-refractivity contribution in [2.24, 2.45) is 0 Å². The third-order valence-electron chi connectivity index (χ3n) is 1.80. The molecular weight excluding hydrogens is 192 g/mol. The Morgan fingerprint density at radius 1 is 1.54 bits per heavy atom. The van der Waals surface area contributed by atoms with Gasteiger partial charge in [-0.15, -0.1) is 0 Å². The second-order valence-corrected chi connectivity index (χ2v) is 3.10. The van der Waals surface area contributed by atoms with Gasteiger partial charge < -0.3 is 10.6 Å². The van der Waals surface area contributed by atoms with Gasteiger partial charge in [0.25, 0.3) is 0 Å². The van der Waals surface area contributed by atoms with E-state index in [1.165, 1.54) is 6.33 Å². The molecule has 6 heteroatoms. The predicted octanol–water partition coefficient (Wildman–Crippen LogP) is 0.882. The first kappa shape index (κ1) is 8.25. The third-order valence-corrected chi connectivity index (χ3v) is 2.08. The number of rotatable bonds is 0. The molecular formula is C7H7ClN4O. The monoisotopic (exact) mass is 198 g/mol. The fourth-order valence-corrected chi connectivity index (χ4v) is 1.27. The van der Waals surface area contributed by atoms with E-state index in [1.807, 2.05) is 0 Å². The zero-order valence-electron chi connectivity index (χ0n) is 6.84. The van der Waals surface area contributed by atoms with Gasteiger partial charge in [-0.05, 0) is 6.92 Å². The van der Waals surface area contributed by atoms with E-state index in [0.717, 1.165) is 0 Å². The zero-order valence-corrected chi connectivity index (χ0v) is 7.59. The van der Waals surface area contributed by atoms with E-state index in [2.05, 4.69) is 20.6 Å². The van der Waals surface area contributed by atoms with Gasteiger partial charge in [0.1, 0.15) is 18.1 Å². The SMILES string of the molecule is C[C@H]1Nc2ncnc(Cl)c2NC1=O. The standard InChI is InChI=1S/C7H7ClN4O/c1-3-7(13)12-4-5(8)9-2-10-6(4)11-3/h2-3H,1H3,(H,12,13)(H,9,10,11)/t3-/m1/s1. The molecule has 0 saturated heterocycles. The van der Waals surface area contributed by atoms with Crippen molar-refractivity contribution in [1.29, 1.82) is 0 Å². The quantitative estimate of drug-likeness (QED) is 0.608. The van der Waals surface area contributed by atoms with Crippen molar-refractivity contribution in [1.82, 2.24) is 9.97 Å². The van der Waals surface area contributed by atoms with Gasteiger partial charge in [0, 0.05) is 0 Å². The lowest BCUT2D eigenvalue weighted by atomic mass is 10.2. The molecule has 0 saturated carbocycles. The highest BCUT2D eigenvalue weighted by Crippen LogP contribution is 2.29. The van der Waals surface area contributed by atoms with E-state index in [4.69, 9.17) is 11.6 Å². The van der Waals surface area contributed by atoms with Crippen LogP contribution in [0.1, 0.15) is 6.92 Å². The van der Waals surface area contributed by atoms with Gasteiger partial charge >= 0.3 is 0 Å². The van der Waals surface area contributed by atoms with E-state index in [1.54, 1.807) is 6.92 Å². The smallest absolute Gasteiger partial charge is 0.246 e. The number of fused-ring (bicyclic) bond motifs is 1. The van der Waals surface area contributed by atoms with Crippen LogP contribution in [0.3, 0.4) is 0 Å². The summed E-state index contributed by atoms with van der Waals surface area (Å²) in [6.45, 7) is 1.74. The first-order valence-corrected chi connectivity index (χ1v) is 4.14. The lowest BCUT2D eigenvalue weighted by Gasteiger charge is -2.22. The summed E-state index contributed by atoms with van der Waals surface area (Å²) in [5.41, 5.74) is 0.451. The Morgan fingerprint density at radius 2 is 2.31 bits per heavy atom. The van der Waals surface area contributed by atoms with Crippen LogP contribution in [-0.4, -0.2) is 21.9 Å². The molecule has 0 radical (unpaired) electrons. The summed E-state index contributed by atoms with van der Waals surface area (Å²) in [5, 5.41) is 5.77. The zero-order chi connectivity index (χ0) is 9.42. The van der Waals surface area contributed by atoms with Gasteiger partial charge in [-0.2, -0.15) is 0 Å². The molecule has 5 nitrogen and oxygen atoms in total. The predicted molar refractivity (Wildman–Crippen MR) is 48.8 cm³/mol. The van der Waals surface area contributed by atoms with Crippen LogP contribution in [0.25, 0.3) is 0 Å². The average Bonchev–Trinajstić information content (AvgIpc) is 2.09. The Hall–Kier alpha value is -1.36. The van der Waals surface area contributed by atoms with E-state index in [9.17, 15) is 4.79 Å². The first-order chi connectivity index (χ1) is 6.18. The van der Waals surface area contributed by atoms with E-state index < -0.39 is 0 Å². The summed E-state index contributed by atoms with van der Waals surface area (Å²) in [7, 11) is 0. The number of hydrogen-bond acceptors (Lipinski definition) is 4. The number of amides is 1. The molecule has 2 N–H and O–H groups in total. The molecule has 0 unspecified atom stereocenters. The van der Waals surface area contributed by atoms with E-state index in [-0.39, 0.29) is 17.1 Å². The van der Waals surface area contributed by atoms with Gasteiger partial charge in [-0.3, -0.25) is 4.79 Å². The van der Waals surface area contributed by atoms with Crippen LogP contribution in [0.5, 0.6) is 0 Å². The van der Waals surface area contributed by atoms with Crippen LogP contribution < -0.4 is 10.6 Å². The minimum Gasteiger partial charge on any atom is -0.357 e. The summed E-state index contributed by atoms with van der Waals surface area (Å²) < 4.78 is 0. The fourth-order valence-electron chi connectivity index (χ4n) is 1.09. The van der Waals surface area contributed by atoms with Crippen molar-refractivity contribution in [2.75, 3.05) is 10.6 Å². The van der Waals surface area contributed by atoms with Gasteiger partial charge in [-0.1, -0.05) is 11.6 Å². The third kappa shape index (κ3) is 1.31. The molecule has 1 atom stereocenters. The summed E-state index contributed by atoms with van der Waals surface area (Å²) in [6, 6.07) is -0.293. The minimum absolute atomic E-state index is 0.135. The summed E-state index contributed by atoms with van der Waals surface area (Å²) in [4.78, 5) is 18.9. The van der Waals surface area contributed by atoms with Crippen LogP contribution in [0, 0.1) is 0 Å². The largest absolute Gasteiger partial charge is 0.357 e. The van der Waals surface area contributed by atoms with Gasteiger partial charge in [0.05, 0.1) is 0 Å². The van der Waals surface area contributed by atoms with Crippen molar-refractivity contribution in [3.63, 3.8) is 0 Å². The van der Waals surface area contributed by atoms with Crippen LogP contribution in [0.2, 0.25) is 5.15 Å². The van der Waals surface area contributed by atoms with Crippen molar-refractivity contribution >= 4 is 29.0 Å². The molecule has 0 spiro atoms. The number of nitrogens with zero attached hydrogens (tertiary/aromatic N) is 2. The Labute approximate surface area is 79.5 Å². The summed E-state index contributed by atoms with van der Waals surface area (Å²) in [6.07, 6.45) is 1.35. The molecule has 13 heavy (non-hydrogen) atoms. The van der Waals surface area contributed by atoms with Crippen molar-refractivity contribution < 1.29 is 4.79 Å². The number of halogens is 1. The van der Waals surface area contributed by atoms with E-state index in [0.29, 0.717) is 11.5 Å². The van der Waals surface area contributed by atoms with Crippen LogP contribution >= 0.6 is 11.6 Å². The topological polar surface area (TPSA) is 66.9 Å². The number of anilines is 2. The number of aromatic nitrogens is 2. The Balaban J connectivity index is 2.48. The molecule has 0 aliphatic carbocycles. The average molecular weight is 199 g/mol. The molecule has 1 aliphatic rings. The molecule has 1 aromatic rings. The van der Waals surface area contributed by atoms with Gasteiger partial charge in [0.2, 0.25) is 5.91 Å². The highest BCUT2D eigenvalue weighted by Gasteiger charge is 2.24. The molecule has 1 aliphatic heterocycles. The maximum Gasteiger partial charge on any atom is 0.246 e. The van der Waals surface area contributed by atoms with Crippen LogP contribution in [-0.2, 0) is 4.79 Å².